The van der Waals surface area contributed by atoms with Crippen LogP contribution in [0.1, 0.15) is 38.1 Å². The topological polar surface area (TPSA) is 77.1 Å². The average Bonchev–Trinajstić information content (AvgIpc) is 2.76. The second-order valence-corrected chi connectivity index (χ2v) is 6.56. The van der Waals surface area contributed by atoms with E-state index >= 15 is 0 Å². The van der Waals surface area contributed by atoms with Crippen molar-refractivity contribution < 1.29 is 32.6 Å². The molecule has 0 saturated carbocycles. The molecule has 0 aromatic heterocycles. The fourth-order valence-electron chi connectivity index (χ4n) is 2.99. The summed E-state index contributed by atoms with van der Waals surface area (Å²) in [5.41, 5.74) is -0.327. The number of carbonyl (C=O) groups excluding carboxylic acids is 2. The van der Waals surface area contributed by atoms with Crippen LogP contribution in [0, 0.1) is 11.6 Å². The first-order chi connectivity index (χ1) is 15.4. The Balaban J connectivity index is 2.29. The Labute approximate surface area is 186 Å². The number of hydrogen-bond acceptors (Lipinski definition) is 5. The molecule has 9 heteroatoms. The number of nitrogens with zero attached hydrogens (tertiary/aromatic N) is 1. The van der Waals surface area contributed by atoms with E-state index in [1.54, 1.807) is 20.8 Å². The summed E-state index contributed by atoms with van der Waals surface area (Å²) in [5, 5.41) is 2.19. The van der Waals surface area contributed by atoms with Crippen LogP contribution in [0.3, 0.4) is 0 Å². The predicted molar refractivity (Wildman–Crippen MR) is 117 cm³/mol. The van der Waals surface area contributed by atoms with Gasteiger partial charge in [-0.2, -0.15) is 0 Å². The highest BCUT2D eigenvalue weighted by Gasteiger charge is 2.23. The fourth-order valence-corrected chi connectivity index (χ4v) is 2.99. The molecule has 174 valence electrons. The lowest BCUT2D eigenvalue weighted by Crippen LogP contribution is -2.38. The van der Waals surface area contributed by atoms with E-state index in [1.165, 1.54) is 23.1 Å². The second-order valence-electron chi connectivity index (χ2n) is 6.56. The molecule has 0 aliphatic carbocycles. The number of halogens is 2. The smallest absolute Gasteiger partial charge is 0.254 e. The molecule has 2 aromatic rings. The van der Waals surface area contributed by atoms with E-state index in [1.807, 2.05) is 6.92 Å². The Morgan fingerprint density at radius 1 is 0.906 bits per heavy atom. The van der Waals surface area contributed by atoms with E-state index in [4.69, 9.17) is 14.2 Å². The summed E-state index contributed by atoms with van der Waals surface area (Å²) in [6.45, 7) is 7.97. The van der Waals surface area contributed by atoms with Gasteiger partial charge in [0.2, 0.25) is 11.7 Å². The van der Waals surface area contributed by atoms with Crippen molar-refractivity contribution in [1.82, 2.24) is 4.90 Å². The van der Waals surface area contributed by atoms with Crippen molar-refractivity contribution in [3.8, 4) is 17.2 Å². The van der Waals surface area contributed by atoms with Crippen LogP contribution in [0.5, 0.6) is 17.2 Å². The number of benzene rings is 2. The number of likely N-dealkylation sites (N-methyl/N-ethyl adjacent to an activating group) is 1. The lowest BCUT2D eigenvalue weighted by atomic mass is 10.1. The van der Waals surface area contributed by atoms with E-state index in [0.717, 1.165) is 12.1 Å². The molecule has 0 bridgehead atoms. The number of amides is 2. The van der Waals surface area contributed by atoms with E-state index in [0.29, 0.717) is 37.1 Å². The fraction of sp³-hybridized carbons (Fsp3) is 0.391. The summed E-state index contributed by atoms with van der Waals surface area (Å²) < 4.78 is 44.5. The minimum atomic E-state index is -0.901. The highest BCUT2D eigenvalue weighted by Crippen LogP contribution is 2.39. The van der Waals surface area contributed by atoms with Crippen LogP contribution in [0.4, 0.5) is 14.5 Å². The maximum atomic E-state index is 13.8. The number of para-hydroxylation sites is 1. The molecule has 0 heterocycles. The SMILES string of the molecule is CCOc1cc(C(=O)N(CC)CC(=O)Nc2c(F)cccc2F)cc(OCC)c1OCC. The summed E-state index contributed by atoms with van der Waals surface area (Å²) >= 11 is 0. The van der Waals surface area contributed by atoms with Crippen LogP contribution in [0.25, 0.3) is 0 Å². The summed E-state index contributed by atoms with van der Waals surface area (Å²) in [7, 11) is 0. The van der Waals surface area contributed by atoms with Crippen molar-refractivity contribution in [2.75, 3.05) is 38.2 Å². The van der Waals surface area contributed by atoms with Gasteiger partial charge in [0, 0.05) is 12.1 Å². The van der Waals surface area contributed by atoms with Gasteiger partial charge in [0.05, 0.1) is 19.8 Å². The zero-order valence-corrected chi connectivity index (χ0v) is 18.7. The van der Waals surface area contributed by atoms with E-state index < -0.39 is 35.7 Å². The van der Waals surface area contributed by atoms with Gasteiger partial charge in [0.15, 0.2) is 11.5 Å². The molecule has 0 atom stereocenters. The van der Waals surface area contributed by atoms with Gasteiger partial charge in [0.1, 0.15) is 23.9 Å². The molecule has 2 rings (SSSR count). The van der Waals surface area contributed by atoms with Crippen molar-refractivity contribution in [3.05, 3.63) is 47.5 Å². The van der Waals surface area contributed by atoms with Crippen LogP contribution in [-0.4, -0.2) is 49.6 Å². The molecule has 2 aromatic carbocycles. The molecule has 32 heavy (non-hydrogen) atoms. The first-order valence-electron chi connectivity index (χ1n) is 10.5. The lowest BCUT2D eigenvalue weighted by Gasteiger charge is -2.22. The van der Waals surface area contributed by atoms with Crippen LogP contribution >= 0.6 is 0 Å². The standard InChI is InChI=1S/C23H28F2N2O5/c1-5-27(14-20(28)26-21-16(24)10-9-11-17(21)25)23(29)15-12-18(30-6-2)22(32-8-4)19(13-15)31-7-3/h9-13H,5-8,14H2,1-4H3,(H,26,28). The normalized spacial score (nSPS) is 10.4. The average molecular weight is 450 g/mol. The second kappa shape index (κ2) is 11.9. The highest BCUT2D eigenvalue weighted by atomic mass is 19.1. The van der Waals surface area contributed by atoms with Crippen molar-refractivity contribution in [2.45, 2.75) is 27.7 Å². The van der Waals surface area contributed by atoms with Crippen LogP contribution < -0.4 is 19.5 Å². The number of ether oxygens (including phenoxy) is 3. The number of hydrogen-bond donors (Lipinski definition) is 1. The van der Waals surface area contributed by atoms with E-state index in [9.17, 15) is 18.4 Å². The quantitative estimate of drug-likeness (QED) is 0.554. The lowest BCUT2D eigenvalue weighted by molar-refractivity contribution is -0.116. The third kappa shape index (κ3) is 6.09. The highest BCUT2D eigenvalue weighted by molar-refractivity contribution is 6.00. The summed E-state index contributed by atoms with van der Waals surface area (Å²) in [5.74, 6) is -1.92. The summed E-state index contributed by atoms with van der Waals surface area (Å²) in [4.78, 5) is 26.8. The molecular formula is C23H28F2N2O5. The monoisotopic (exact) mass is 450 g/mol. The van der Waals surface area contributed by atoms with Crippen molar-refractivity contribution in [2.24, 2.45) is 0 Å². The zero-order valence-electron chi connectivity index (χ0n) is 18.7. The Kier molecular flexibility index (Phi) is 9.24. The molecule has 0 aliphatic heterocycles. The molecule has 0 unspecified atom stereocenters. The summed E-state index contributed by atoms with van der Waals surface area (Å²) in [6, 6.07) is 6.31. The minimum Gasteiger partial charge on any atom is -0.490 e. The van der Waals surface area contributed by atoms with E-state index in [2.05, 4.69) is 5.32 Å². The Morgan fingerprint density at radius 3 is 1.91 bits per heavy atom. The van der Waals surface area contributed by atoms with Crippen molar-refractivity contribution >= 4 is 17.5 Å². The predicted octanol–water partition coefficient (Wildman–Crippen LogP) is 4.26. The first-order valence-corrected chi connectivity index (χ1v) is 10.5. The van der Waals surface area contributed by atoms with Crippen LogP contribution in [0.2, 0.25) is 0 Å². The Hall–Kier alpha value is -3.36. The van der Waals surface area contributed by atoms with E-state index in [-0.39, 0.29) is 12.1 Å². The van der Waals surface area contributed by atoms with Gasteiger partial charge in [0.25, 0.3) is 5.91 Å². The first kappa shape index (κ1) is 24.9. The van der Waals surface area contributed by atoms with Gasteiger partial charge in [-0.05, 0) is 52.0 Å². The van der Waals surface area contributed by atoms with Gasteiger partial charge in [-0.1, -0.05) is 6.07 Å². The largest absolute Gasteiger partial charge is 0.490 e. The van der Waals surface area contributed by atoms with Gasteiger partial charge in [-0.15, -0.1) is 0 Å². The van der Waals surface area contributed by atoms with Crippen molar-refractivity contribution in [3.63, 3.8) is 0 Å². The minimum absolute atomic E-state index is 0.188. The molecule has 0 spiro atoms. The molecule has 0 saturated heterocycles. The van der Waals surface area contributed by atoms with Crippen molar-refractivity contribution in [1.29, 1.82) is 0 Å². The maximum absolute atomic E-state index is 13.8. The van der Waals surface area contributed by atoms with Gasteiger partial charge in [-0.3, -0.25) is 9.59 Å². The van der Waals surface area contributed by atoms with Crippen LogP contribution in [-0.2, 0) is 4.79 Å². The number of nitrogens with one attached hydrogen (secondary N) is 1. The molecule has 0 radical (unpaired) electrons. The van der Waals surface area contributed by atoms with Crippen LogP contribution in [0.15, 0.2) is 30.3 Å². The Morgan fingerprint density at radius 2 is 1.44 bits per heavy atom. The summed E-state index contributed by atoms with van der Waals surface area (Å²) in [6.07, 6.45) is 0. The number of rotatable bonds is 11. The number of anilines is 1. The zero-order chi connectivity index (χ0) is 23.7. The van der Waals surface area contributed by atoms with Gasteiger partial charge < -0.3 is 24.4 Å². The van der Waals surface area contributed by atoms with Gasteiger partial charge in [-0.25, -0.2) is 8.78 Å². The molecule has 0 fully saturated rings. The van der Waals surface area contributed by atoms with Gasteiger partial charge >= 0.3 is 0 Å². The Bertz CT molecular complexity index is 905. The maximum Gasteiger partial charge on any atom is 0.254 e. The molecule has 1 N–H and O–H groups in total. The third-order valence-corrected chi connectivity index (χ3v) is 4.39. The molecular weight excluding hydrogens is 422 g/mol. The third-order valence-electron chi connectivity index (χ3n) is 4.39. The number of carbonyl (C=O) groups is 2. The molecule has 2 amide bonds. The molecule has 0 aliphatic rings. The molecule has 7 nitrogen and oxygen atoms in total.